The van der Waals surface area contributed by atoms with Crippen molar-refractivity contribution in [2.75, 3.05) is 0 Å². The molecule has 0 saturated carbocycles. The Morgan fingerprint density at radius 2 is 1.33 bits per heavy atom. The van der Waals surface area contributed by atoms with Crippen LogP contribution in [-0.4, -0.2) is 72.4 Å². The van der Waals surface area contributed by atoms with Crippen molar-refractivity contribution in [3.05, 3.63) is 76.9 Å². The summed E-state index contributed by atoms with van der Waals surface area (Å²) in [5, 5.41) is 62.5. The molecule has 0 radical (unpaired) electrons. The Bertz CT molecular complexity index is 1760. The second-order valence-corrected chi connectivity index (χ2v) is 10.7. The molecule has 1 aliphatic carbocycles. The van der Waals surface area contributed by atoms with E-state index in [2.05, 4.69) is 0 Å². The van der Waals surface area contributed by atoms with Gasteiger partial charge in [-0.2, -0.15) is 0 Å². The predicted octanol–water partition coefficient (Wildman–Crippen LogP) is 1.72. The second kappa shape index (κ2) is 8.71. The fraction of sp³-hybridized carbons (Fsp3) is 0.233. The standard InChI is InChI=1S/C30H22O12/c31-12-3-4-30(29-27(39)25(37)23-17(35)7-14(33)9-20(23)42-29)15-5-11(1-2-18(15)40-21(30)10-12)28-26(38)24(36)22-16(34)6-13(32)8-19(22)41-28/h1-9,21,26-29,32-35,38-39H,10H2/t21-,26-,27+,28+,29-,30+/m1/s1. The first-order valence-electron chi connectivity index (χ1n) is 12.9. The Morgan fingerprint density at radius 1 is 0.714 bits per heavy atom. The van der Waals surface area contributed by atoms with Crippen LogP contribution in [0.15, 0.2) is 54.6 Å². The van der Waals surface area contributed by atoms with Gasteiger partial charge in [0.2, 0.25) is 11.6 Å². The van der Waals surface area contributed by atoms with Crippen LogP contribution in [0.3, 0.4) is 0 Å². The summed E-state index contributed by atoms with van der Waals surface area (Å²) in [6, 6.07) is 8.76. The van der Waals surface area contributed by atoms with Crippen molar-refractivity contribution in [1.29, 1.82) is 0 Å². The summed E-state index contributed by atoms with van der Waals surface area (Å²) in [7, 11) is 0. The molecule has 0 unspecified atom stereocenters. The molecule has 12 nitrogen and oxygen atoms in total. The highest BCUT2D eigenvalue weighted by Gasteiger charge is 2.60. The van der Waals surface area contributed by atoms with Gasteiger partial charge in [0, 0.05) is 36.2 Å². The summed E-state index contributed by atoms with van der Waals surface area (Å²) in [5.41, 5.74) is -1.43. The smallest absolute Gasteiger partial charge is 0.202 e. The van der Waals surface area contributed by atoms with Crippen molar-refractivity contribution in [2.24, 2.45) is 0 Å². The third kappa shape index (κ3) is 3.45. The molecule has 0 fully saturated rings. The zero-order valence-corrected chi connectivity index (χ0v) is 21.4. The van der Waals surface area contributed by atoms with Crippen LogP contribution < -0.4 is 14.2 Å². The maximum Gasteiger partial charge on any atom is 0.202 e. The van der Waals surface area contributed by atoms with Gasteiger partial charge < -0.3 is 44.8 Å². The largest absolute Gasteiger partial charge is 0.508 e. The molecule has 0 bridgehead atoms. The summed E-state index contributed by atoms with van der Waals surface area (Å²) in [6.07, 6.45) is -4.58. The number of hydrogen-bond acceptors (Lipinski definition) is 12. The molecular formula is C30H22O12. The van der Waals surface area contributed by atoms with E-state index in [0.717, 1.165) is 24.3 Å². The van der Waals surface area contributed by atoms with Gasteiger partial charge in [0.15, 0.2) is 24.1 Å². The van der Waals surface area contributed by atoms with E-state index in [1.54, 1.807) is 6.07 Å². The van der Waals surface area contributed by atoms with Crippen LogP contribution in [0.2, 0.25) is 0 Å². The van der Waals surface area contributed by atoms with Gasteiger partial charge in [0.1, 0.15) is 63.6 Å². The molecule has 0 saturated heterocycles. The predicted molar refractivity (Wildman–Crippen MR) is 139 cm³/mol. The molecule has 42 heavy (non-hydrogen) atoms. The average Bonchev–Trinajstić information content (AvgIpc) is 3.25. The quantitative estimate of drug-likeness (QED) is 0.259. The van der Waals surface area contributed by atoms with Crippen LogP contribution >= 0.6 is 0 Å². The number of phenols is 4. The lowest BCUT2D eigenvalue weighted by molar-refractivity contribution is -0.118. The zero-order chi connectivity index (χ0) is 29.7. The number of hydrogen-bond donors (Lipinski definition) is 6. The summed E-state index contributed by atoms with van der Waals surface area (Å²) < 4.78 is 18.1. The number of aromatic hydroxyl groups is 4. The Hall–Kier alpha value is -5.07. The Morgan fingerprint density at radius 3 is 2.00 bits per heavy atom. The first kappa shape index (κ1) is 25.9. The molecule has 12 heteroatoms. The summed E-state index contributed by atoms with van der Waals surface area (Å²) in [5.74, 6) is -3.89. The number of allylic oxidation sites excluding steroid dienone is 1. The number of ketones is 3. The highest BCUT2D eigenvalue weighted by molar-refractivity contribution is 6.06. The highest BCUT2D eigenvalue weighted by atomic mass is 16.5. The Kier molecular flexibility index (Phi) is 5.37. The molecular weight excluding hydrogens is 552 g/mol. The van der Waals surface area contributed by atoms with Crippen LogP contribution in [-0.2, 0) is 10.2 Å². The fourth-order valence-electron chi connectivity index (χ4n) is 6.35. The van der Waals surface area contributed by atoms with Crippen molar-refractivity contribution < 1.29 is 59.2 Å². The number of phenolic OH excluding ortho intramolecular Hbond substituents is 4. The molecule has 3 aliphatic heterocycles. The first-order chi connectivity index (χ1) is 20.0. The van der Waals surface area contributed by atoms with Gasteiger partial charge in [-0.3, -0.25) is 14.4 Å². The minimum absolute atomic E-state index is 0.133. The monoisotopic (exact) mass is 574 g/mol. The first-order valence-corrected chi connectivity index (χ1v) is 12.9. The maximum absolute atomic E-state index is 13.3. The SMILES string of the molecule is O=C1C=C[C@]2([C@@H]3Oc4cc(O)cc(O)c4C(=O)[C@@H]3O)c3cc([C@@H]4Oc5cc(O)cc(O)c5C(=O)[C@H]4O)ccc3O[C@@H]2C1. The molecule has 0 amide bonds. The molecule has 3 aromatic rings. The molecule has 0 aromatic heterocycles. The molecule has 6 atom stereocenters. The Balaban J connectivity index is 1.36. The summed E-state index contributed by atoms with van der Waals surface area (Å²) in [4.78, 5) is 38.8. The second-order valence-electron chi connectivity index (χ2n) is 10.7. The molecule has 0 spiro atoms. The van der Waals surface area contributed by atoms with Gasteiger partial charge in [-0.15, -0.1) is 0 Å². The number of fused-ring (bicyclic) bond motifs is 5. The van der Waals surface area contributed by atoms with E-state index in [4.69, 9.17) is 14.2 Å². The van der Waals surface area contributed by atoms with E-state index in [9.17, 15) is 45.0 Å². The molecule has 6 N–H and O–H groups in total. The highest BCUT2D eigenvalue weighted by Crippen LogP contribution is 2.54. The van der Waals surface area contributed by atoms with Crippen molar-refractivity contribution >= 4 is 17.3 Å². The summed E-state index contributed by atoms with van der Waals surface area (Å²) >= 11 is 0. The summed E-state index contributed by atoms with van der Waals surface area (Å²) in [6.45, 7) is 0. The van der Waals surface area contributed by atoms with Crippen molar-refractivity contribution in [3.8, 4) is 40.2 Å². The van der Waals surface area contributed by atoms with E-state index >= 15 is 0 Å². The lowest BCUT2D eigenvalue weighted by Gasteiger charge is -2.44. The maximum atomic E-state index is 13.3. The van der Waals surface area contributed by atoms with E-state index in [-0.39, 0.29) is 57.6 Å². The van der Waals surface area contributed by atoms with E-state index < -0.39 is 59.0 Å². The van der Waals surface area contributed by atoms with Gasteiger partial charge in [-0.05, 0) is 23.8 Å². The van der Waals surface area contributed by atoms with E-state index in [0.29, 0.717) is 5.56 Å². The van der Waals surface area contributed by atoms with Crippen molar-refractivity contribution in [1.82, 2.24) is 0 Å². The van der Waals surface area contributed by atoms with Gasteiger partial charge in [0.25, 0.3) is 0 Å². The van der Waals surface area contributed by atoms with Crippen LogP contribution in [0.1, 0.15) is 44.4 Å². The number of Topliss-reactive ketones (excluding diaryl/α,β-unsaturated/α-hetero) is 2. The van der Waals surface area contributed by atoms with Crippen LogP contribution in [0.4, 0.5) is 0 Å². The normalized spacial score (nSPS) is 29.0. The number of rotatable bonds is 2. The number of benzene rings is 3. The fourth-order valence-corrected chi connectivity index (χ4v) is 6.35. The van der Waals surface area contributed by atoms with E-state index in [1.165, 1.54) is 24.3 Å². The van der Waals surface area contributed by atoms with Crippen molar-refractivity contribution in [3.63, 3.8) is 0 Å². The molecule has 214 valence electrons. The van der Waals surface area contributed by atoms with Crippen LogP contribution in [0.5, 0.6) is 40.2 Å². The molecule has 3 aromatic carbocycles. The van der Waals surface area contributed by atoms with Crippen molar-refractivity contribution in [2.45, 2.75) is 42.4 Å². The average molecular weight is 574 g/mol. The third-order valence-corrected chi connectivity index (χ3v) is 8.25. The van der Waals surface area contributed by atoms with E-state index in [1.807, 2.05) is 0 Å². The topological polar surface area (TPSA) is 200 Å². The lowest BCUT2D eigenvalue weighted by Crippen LogP contribution is -2.59. The number of aliphatic hydroxyl groups excluding tert-OH is 2. The minimum Gasteiger partial charge on any atom is -0.508 e. The van der Waals surface area contributed by atoms with Crippen LogP contribution in [0.25, 0.3) is 0 Å². The molecule has 7 rings (SSSR count). The number of carbonyl (C=O) groups is 3. The third-order valence-electron chi connectivity index (χ3n) is 8.25. The van der Waals surface area contributed by atoms with Gasteiger partial charge in [-0.1, -0.05) is 12.1 Å². The van der Waals surface area contributed by atoms with Gasteiger partial charge in [0.05, 0.1) is 5.41 Å². The minimum atomic E-state index is -1.83. The van der Waals surface area contributed by atoms with Gasteiger partial charge in [-0.25, -0.2) is 0 Å². The number of carbonyl (C=O) groups excluding carboxylic acids is 3. The van der Waals surface area contributed by atoms with Gasteiger partial charge >= 0.3 is 0 Å². The lowest BCUT2D eigenvalue weighted by atomic mass is 9.65. The number of ether oxygens (including phenoxy) is 3. The number of aliphatic hydroxyl groups is 2. The van der Waals surface area contributed by atoms with Crippen LogP contribution in [0, 0.1) is 0 Å². The molecule has 4 aliphatic rings. The zero-order valence-electron chi connectivity index (χ0n) is 21.4. The Labute approximate surface area is 236 Å². The molecule has 3 heterocycles.